The lowest BCUT2D eigenvalue weighted by Crippen LogP contribution is -2.57. The summed E-state index contributed by atoms with van der Waals surface area (Å²) in [5.74, 6) is 1.91. The van der Waals surface area contributed by atoms with E-state index < -0.39 is 0 Å². The minimum Gasteiger partial charge on any atom is -0.352 e. The van der Waals surface area contributed by atoms with Crippen LogP contribution in [-0.4, -0.2) is 24.5 Å². The van der Waals surface area contributed by atoms with Gasteiger partial charge in [0.15, 0.2) is 0 Å². The summed E-state index contributed by atoms with van der Waals surface area (Å²) in [6, 6.07) is 0.473. The summed E-state index contributed by atoms with van der Waals surface area (Å²) in [5, 5.41) is 6.75. The molecule has 1 saturated heterocycles. The number of hydrogen-bond acceptors (Lipinski definition) is 2. The molecular formula is C15H26N2O. The first-order valence-corrected chi connectivity index (χ1v) is 7.60. The average molecular weight is 250 g/mol. The summed E-state index contributed by atoms with van der Waals surface area (Å²) >= 11 is 0. The molecule has 1 amide bonds. The Morgan fingerprint density at radius 2 is 2.11 bits per heavy atom. The molecule has 2 N–H and O–H groups in total. The third kappa shape index (κ3) is 2.18. The van der Waals surface area contributed by atoms with E-state index >= 15 is 0 Å². The second-order valence-electron chi connectivity index (χ2n) is 7.27. The molecule has 18 heavy (non-hydrogen) atoms. The molecule has 3 aliphatic rings. The van der Waals surface area contributed by atoms with Crippen LogP contribution < -0.4 is 10.6 Å². The molecule has 1 aliphatic heterocycles. The maximum atomic E-state index is 12.5. The molecule has 0 aromatic rings. The van der Waals surface area contributed by atoms with Crippen molar-refractivity contribution in [1.29, 1.82) is 0 Å². The van der Waals surface area contributed by atoms with E-state index in [0.29, 0.717) is 6.04 Å². The van der Waals surface area contributed by atoms with Gasteiger partial charge in [0.2, 0.25) is 5.91 Å². The molecule has 1 heterocycles. The topological polar surface area (TPSA) is 41.1 Å². The Morgan fingerprint density at radius 3 is 2.72 bits per heavy atom. The Balaban J connectivity index is 1.61. The number of nitrogens with one attached hydrogen (secondary N) is 2. The van der Waals surface area contributed by atoms with Crippen molar-refractivity contribution in [2.75, 3.05) is 6.54 Å². The van der Waals surface area contributed by atoms with Crippen molar-refractivity contribution in [1.82, 2.24) is 10.6 Å². The number of rotatable bonds is 2. The van der Waals surface area contributed by atoms with E-state index in [0.717, 1.165) is 24.8 Å². The number of carbonyl (C=O) groups is 1. The fourth-order valence-electron chi connectivity index (χ4n) is 4.35. The van der Waals surface area contributed by atoms with Gasteiger partial charge in [0.25, 0.3) is 0 Å². The van der Waals surface area contributed by atoms with Crippen LogP contribution in [0.2, 0.25) is 0 Å². The molecule has 3 fully saturated rings. The Labute approximate surface area is 110 Å². The third-order valence-electron chi connectivity index (χ3n) is 5.46. The van der Waals surface area contributed by atoms with Gasteiger partial charge >= 0.3 is 0 Å². The fourth-order valence-corrected chi connectivity index (χ4v) is 4.35. The van der Waals surface area contributed by atoms with Gasteiger partial charge in [-0.25, -0.2) is 0 Å². The Kier molecular flexibility index (Phi) is 3.13. The molecule has 0 spiro atoms. The van der Waals surface area contributed by atoms with Crippen LogP contribution in [0.1, 0.15) is 52.4 Å². The summed E-state index contributed by atoms with van der Waals surface area (Å²) in [6.45, 7) is 5.41. The molecule has 4 atom stereocenters. The van der Waals surface area contributed by atoms with Gasteiger partial charge < -0.3 is 10.6 Å². The highest BCUT2D eigenvalue weighted by molar-refractivity contribution is 5.83. The van der Waals surface area contributed by atoms with E-state index in [2.05, 4.69) is 24.5 Å². The molecular weight excluding hydrogens is 224 g/mol. The van der Waals surface area contributed by atoms with E-state index in [1.54, 1.807) is 0 Å². The number of piperidine rings is 1. The molecule has 4 unspecified atom stereocenters. The normalized spacial score (nSPS) is 41.9. The summed E-state index contributed by atoms with van der Waals surface area (Å²) in [6.07, 6.45) is 7.64. The van der Waals surface area contributed by atoms with Crippen molar-refractivity contribution in [3.8, 4) is 0 Å². The van der Waals surface area contributed by atoms with Gasteiger partial charge in [-0.2, -0.15) is 0 Å². The number of fused-ring (bicyclic) bond motifs is 2. The molecule has 2 aliphatic carbocycles. The summed E-state index contributed by atoms with van der Waals surface area (Å²) in [4.78, 5) is 12.5. The molecule has 3 heteroatoms. The highest BCUT2D eigenvalue weighted by Crippen LogP contribution is 2.44. The van der Waals surface area contributed by atoms with Crippen LogP contribution in [0.15, 0.2) is 0 Å². The Bertz CT molecular complexity index is 339. The van der Waals surface area contributed by atoms with Crippen molar-refractivity contribution >= 4 is 5.91 Å². The van der Waals surface area contributed by atoms with Gasteiger partial charge in [0.1, 0.15) is 0 Å². The molecule has 3 nitrogen and oxygen atoms in total. The first-order chi connectivity index (χ1) is 8.56. The van der Waals surface area contributed by atoms with Gasteiger partial charge in [-0.15, -0.1) is 0 Å². The second-order valence-corrected chi connectivity index (χ2v) is 7.27. The van der Waals surface area contributed by atoms with Crippen molar-refractivity contribution in [2.24, 2.45) is 17.3 Å². The van der Waals surface area contributed by atoms with Gasteiger partial charge in [0, 0.05) is 6.04 Å². The van der Waals surface area contributed by atoms with E-state index in [9.17, 15) is 4.79 Å². The van der Waals surface area contributed by atoms with Crippen LogP contribution in [-0.2, 0) is 4.79 Å². The minimum absolute atomic E-state index is 0.00498. The fraction of sp³-hybridized carbons (Fsp3) is 0.933. The highest BCUT2D eigenvalue weighted by atomic mass is 16.2. The molecule has 0 aromatic carbocycles. The lowest BCUT2D eigenvalue weighted by Gasteiger charge is -2.39. The van der Waals surface area contributed by atoms with Crippen LogP contribution in [0, 0.1) is 17.3 Å². The van der Waals surface area contributed by atoms with Gasteiger partial charge in [-0.3, -0.25) is 4.79 Å². The Hall–Kier alpha value is -0.570. The number of carbonyl (C=O) groups excluding carboxylic acids is 1. The van der Waals surface area contributed by atoms with E-state index in [4.69, 9.17) is 0 Å². The van der Waals surface area contributed by atoms with Crippen molar-refractivity contribution in [2.45, 2.75) is 64.5 Å². The van der Waals surface area contributed by atoms with E-state index in [1.807, 2.05) is 0 Å². The first-order valence-electron chi connectivity index (χ1n) is 7.60. The standard InChI is InChI=1S/C15H26N2O/c1-15(2)6-3-7-16-13(15)14(18)17-12-9-10-4-5-11(12)8-10/h10-13,16H,3-9H2,1-2H3,(H,17,18). The second kappa shape index (κ2) is 4.52. The van der Waals surface area contributed by atoms with E-state index in [1.165, 1.54) is 32.1 Å². The van der Waals surface area contributed by atoms with Crippen molar-refractivity contribution < 1.29 is 4.79 Å². The molecule has 102 valence electrons. The molecule has 2 saturated carbocycles. The predicted molar refractivity (Wildman–Crippen MR) is 72.2 cm³/mol. The maximum Gasteiger partial charge on any atom is 0.237 e. The minimum atomic E-state index is 0.00498. The van der Waals surface area contributed by atoms with Crippen molar-refractivity contribution in [3.05, 3.63) is 0 Å². The van der Waals surface area contributed by atoms with Crippen LogP contribution >= 0.6 is 0 Å². The van der Waals surface area contributed by atoms with Gasteiger partial charge in [-0.1, -0.05) is 20.3 Å². The maximum absolute atomic E-state index is 12.5. The zero-order valence-electron chi connectivity index (χ0n) is 11.7. The predicted octanol–water partition coefficient (Wildman–Crippen LogP) is 2.07. The summed E-state index contributed by atoms with van der Waals surface area (Å²) in [7, 11) is 0. The lowest BCUT2D eigenvalue weighted by molar-refractivity contribution is -0.127. The zero-order valence-corrected chi connectivity index (χ0v) is 11.7. The molecule has 2 bridgehead atoms. The van der Waals surface area contributed by atoms with Crippen LogP contribution in [0.3, 0.4) is 0 Å². The number of hydrogen-bond donors (Lipinski definition) is 2. The molecule has 0 radical (unpaired) electrons. The largest absolute Gasteiger partial charge is 0.352 e. The number of amides is 1. The zero-order chi connectivity index (χ0) is 12.8. The Morgan fingerprint density at radius 1 is 1.28 bits per heavy atom. The molecule has 0 aromatic heterocycles. The quantitative estimate of drug-likeness (QED) is 0.788. The summed E-state index contributed by atoms with van der Waals surface area (Å²) in [5.41, 5.74) is 0.0972. The lowest BCUT2D eigenvalue weighted by atomic mass is 9.77. The molecule has 3 rings (SSSR count). The van der Waals surface area contributed by atoms with E-state index in [-0.39, 0.29) is 17.4 Å². The summed E-state index contributed by atoms with van der Waals surface area (Å²) < 4.78 is 0. The average Bonchev–Trinajstić information content (AvgIpc) is 2.90. The van der Waals surface area contributed by atoms with Crippen LogP contribution in [0.4, 0.5) is 0 Å². The smallest absolute Gasteiger partial charge is 0.237 e. The highest BCUT2D eigenvalue weighted by Gasteiger charge is 2.43. The van der Waals surface area contributed by atoms with Gasteiger partial charge in [-0.05, 0) is 55.9 Å². The van der Waals surface area contributed by atoms with Gasteiger partial charge in [0.05, 0.1) is 6.04 Å². The van der Waals surface area contributed by atoms with Crippen LogP contribution in [0.5, 0.6) is 0 Å². The third-order valence-corrected chi connectivity index (χ3v) is 5.46. The van der Waals surface area contributed by atoms with Crippen molar-refractivity contribution in [3.63, 3.8) is 0 Å². The SMILES string of the molecule is CC1(C)CCCNC1C(=O)NC1CC2CCC1C2. The van der Waals surface area contributed by atoms with Crippen LogP contribution in [0.25, 0.3) is 0 Å². The first kappa shape index (κ1) is 12.5. The monoisotopic (exact) mass is 250 g/mol.